The third kappa shape index (κ3) is 4.22. The van der Waals surface area contributed by atoms with Gasteiger partial charge in [0.2, 0.25) is 10.0 Å². The van der Waals surface area contributed by atoms with Crippen molar-refractivity contribution in [3.05, 3.63) is 29.8 Å². The van der Waals surface area contributed by atoms with E-state index in [2.05, 4.69) is 5.32 Å². The average molecular weight is 409 g/mol. The van der Waals surface area contributed by atoms with E-state index in [0.29, 0.717) is 31.8 Å². The predicted octanol–water partition coefficient (Wildman–Crippen LogP) is 2.62. The summed E-state index contributed by atoms with van der Waals surface area (Å²) in [7, 11) is -3.58. The van der Waals surface area contributed by atoms with E-state index in [1.165, 1.54) is 28.6 Å². The number of amides is 1. The number of carboxylic acid groups (broad SMARTS) is 1. The largest absolute Gasteiger partial charge is 0.480 e. The molecule has 0 aromatic heterocycles. The Morgan fingerprint density at radius 2 is 1.75 bits per heavy atom. The lowest BCUT2D eigenvalue weighted by atomic mass is 9.81. The van der Waals surface area contributed by atoms with Crippen molar-refractivity contribution in [1.82, 2.24) is 9.62 Å². The topological polar surface area (TPSA) is 104 Å². The molecule has 28 heavy (non-hydrogen) atoms. The molecule has 7 nitrogen and oxygen atoms in total. The molecular weight excluding hydrogens is 380 g/mol. The van der Waals surface area contributed by atoms with E-state index >= 15 is 0 Å². The van der Waals surface area contributed by atoms with Gasteiger partial charge >= 0.3 is 5.97 Å². The predicted molar refractivity (Wildman–Crippen MR) is 105 cm³/mol. The number of hydrogen-bond donors (Lipinski definition) is 2. The number of carbonyl (C=O) groups excluding carboxylic acids is 1. The minimum atomic E-state index is -3.58. The Morgan fingerprint density at radius 1 is 1.11 bits per heavy atom. The zero-order valence-electron chi connectivity index (χ0n) is 16.2. The number of nitrogens with one attached hydrogen (secondary N) is 1. The van der Waals surface area contributed by atoms with Crippen LogP contribution in [-0.4, -0.2) is 48.3 Å². The van der Waals surface area contributed by atoms with Crippen LogP contribution >= 0.6 is 0 Å². The monoisotopic (exact) mass is 408 g/mol. The molecule has 1 saturated carbocycles. The molecule has 1 aliphatic carbocycles. The summed E-state index contributed by atoms with van der Waals surface area (Å²) in [6, 6.07) is 5.76. The van der Waals surface area contributed by atoms with E-state index < -0.39 is 27.4 Å². The summed E-state index contributed by atoms with van der Waals surface area (Å²) < 4.78 is 27.1. The molecule has 2 N–H and O–H groups in total. The van der Waals surface area contributed by atoms with E-state index in [4.69, 9.17) is 0 Å². The summed E-state index contributed by atoms with van der Waals surface area (Å²) in [6.07, 6.45) is 5.18. The van der Waals surface area contributed by atoms with Crippen LogP contribution in [0.5, 0.6) is 0 Å². The first-order valence-electron chi connectivity index (χ1n) is 9.91. The minimum Gasteiger partial charge on any atom is -0.480 e. The number of carboxylic acids is 1. The fourth-order valence-electron chi connectivity index (χ4n) is 4.13. The van der Waals surface area contributed by atoms with Crippen LogP contribution in [0.4, 0.5) is 0 Å². The second kappa shape index (κ2) is 8.21. The average Bonchev–Trinajstić information content (AvgIpc) is 2.68. The number of aliphatic carboxylic acids is 1. The highest BCUT2D eigenvalue weighted by atomic mass is 32.2. The first kappa shape index (κ1) is 20.8. The Hall–Kier alpha value is -1.93. The van der Waals surface area contributed by atoms with Crippen LogP contribution in [0.2, 0.25) is 0 Å². The van der Waals surface area contributed by atoms with E-state index in [1.807, 2.05) is 6.92 Å². The van der Waals surface area contributed by atoms with Gasteiger partial charge in [-0.25, -0.2) is 13.2 Å². The number of piperidine rings is 1. The highest BCUT2D eigenvalue weighted by Gasteiger charge is 2.41. The molecule has 1 saturated heterocycles. The SMILES string of the molecule is C[C@H]1CCCN(S(=O)(=O)c2ccc(C(=O)NC3(C(=O)O)CCCCC3)cc2)C1. The molecule has 2 aliphatic rings. The summed E-state index contributed by atoms with van der Waals surface area (Å²) in [5.41, 5.74) is -0.971. The minimum absolute atomic E-state index is 0.156. The van der Waals surface area contributed by atoms with Crippen LogP contribution in [0, 0.1) is 5.92 Å². The molecule has 8 heteroatoms. The molecule has 2 fully saturated rings. The first-order chi connectivity index (χ1) is 13.2. The fraction of sp³-hybridized carbons (Fsp3) is 0.600. The number of nitrogens with zero attached hydrogens (tertiary/aromatic N) is 1. The first-order valence-corrected chi connectivity index (χ1v) is 11.3. The zero-order valence-corrected chi connectivity index (χ0v) is 17.0. The lowest BCUT2D eigenvalue weighted by Crippen LogP contribution is -2.55. The van der Waals surface area contributed by atoms with Crippen molar-refractivity contribution in [2.45, 2.75) is 62.3 Å². The van der Waals surface area contributed by atoms with Gasteiger partial charge in [-0.3, -0.25) is 4.79 Å². The van der Waals surface area contributed by atoms with E-state index in [-0.39, 0.29) is 10.5 Å². The van der Waals surface area contributed by atoms with Crippen molar-refractivity contribution in [1.29, 1.82) is 0 Å². The molecule has 1 aliphatic heterocycles. The fourth-order valence-corrected chi connectivity index (χ4v) is 5.73. The number of hydrogen-bond acceptors (Lipinski definition) is 4. The van der Waals surface area contributed by atoms with Crippen LogP contribution in [-0.2, 0) is 14.8 Å². The maximum atomic E-state index is 12.8. The van der Waals surface area contributed by atoms with Gasteiger partial charge in [-0.2, -0.15) is 4.31 Å². The molecule has 0 unspecified atom stereocenters. The van der Waals surface area contributed by atoms with Gasteiger partial charge in [-0.15, -0.1) is 0 Å². The van der Waals surface area contributed by atoms with Gasteiger partial charge in [-0.1, -0.05) is 26.2 Å². The van der Waals surface area contributed by atoms with Gasteiger partial charge in [0, 0.05) is 18.7 Å². The van der Waals surface area contributed by atoms with Crippen molar-refractivity contribution in [3.63, 3.8) is 0 Å². The Morgan fingerprint density at radius 3 is 2.32 bits per heavy atom. The van der Waals surface area contributed by atoms with Gasteiger partial charge in [0.15, 0.2) is 0 Å². The highest BCUT2D eigenvalue weighted by Crippen LogP contribution is 2.29. The molecule has 154 valence electrons. The third-order valence-electron chi connectivity index (χ3n) is 5.84. The summed E-state index contributed by atoms with van der Waals surface area (Å²) in [4.78, 5) is 24.5. The Bertz CT molecular complexity index is 829. The molecular formula is C20H28N2O5S. The van der Waals surface area contributed by atoms with Crippen LogP contribution < -0.4 is 5.32 Å². The van der Waals surface area contributed by atoms with E-state index in [0.717, 1.165) is 32.1 Å². The van der Waals surface area contributed by atoms with E-state index in [1.54, 1.807) is 0 Å². The molecule has 0 radical (unpaired) electrons. The molecule has 1 aromatic rings. The van der Waals surface area contributed by atoms with Gasteiger partial charge in [0.1, 0.15) is 5.54 Å². The lowest BCUT2D eigenvalue weighted by Gasteiger charge is -2.34. The summed E-state index contributed by atoms with van der Waals surface area (Å²) in [5, 5.41) is 12.3. The molecule has 1 amide bonds. The summed E-state index contributed by atoms with van der Waals surface area (Å²) in [5.74, 6) is -1.17. The van der Waals surface area contributed by atoms with Crippen molar-refractivity contribution >= 4 is 21.9 Å². The van der Waals surface area contributed by atoms with Crippen LogP contribution in [0.25, 0.3) is 0 Å². The van der Waals surface area contributed by atoms with Gasteiger partial charge in [0.25, 0.3) is 5.91 Å². The third-order valence-corrected chi connectivity index (χ3v) is 7.72. The number of rotatable bonds is 5. The van der Waals surface area contributed by atoms with Crippen LogP contribution in [0.15, 0.2) is 29.2 Å². The summed E-state index contributed by atoms with van der Waals surface area (Å²) >= 11 is 0. The highest BCUT2D eigenvalue weighted by molar-refractivity contribution is 7.89. The second-order valence-electron chi connectivity index (χ2n) is 8.04. The van der Waals surface area contributed by atoms with E-state index in [9.17, 15) is 23.1 Å². The van der Waals surface area contributed by atoms with Crippen LogP contribution in [0.1, 0.15) is 62.2 Å². The molecule has 3 rings (SSSR count). The van der Waals surface area contributed by atoms with Crippen molar-refractivity contribution in [3.8, 4) is 0 Å². The molecule has 1 aromatic carbocycles. The van der Waals surface area contributed by atoms with Gasteiger partial charge < -0.3 is 10.4 Å². The smallest absolute Gasteiger partial charge is 0.329 e. The quantitative estimate of drug-likeness (QED) is 0.779. The Balaban J connectivity index is 1.74. The molecule has 1 heterocycles. The standard InChI is InChI=1S/C20H28N2O5S/c1-15-6-5-13-22(14-15)28(26,27)17-9-7-16(8-10-17)18(23)21-20(19(24)25)11-3-2-4-12-20/h7-10,15H,2-6,11-14H2,1H3,(H,21,23)(H,24,25)/t15-/m0/s1. The maximum Gasteiger partial charge on any atom is 0.329 e. The number of benzene rings is 1. The van der Waals surface area contributed by atoms with Crippen molar-refractivity contribution < 1.29 is 23.1 Å². The van der Waals surface area contributed by atoms with Crippen LogP contribution in [0.3, 0.4) is 0 Å². The van der Waals surface area contributed by atoms with Crippen molar-refractivity contribution in [2.75, 3.05) is 13.1 Å². The van der Waals surface area contributed by atoms with Gasteiger partial charge in [-0.05, 0) is 55.9 Å². The molecule has 0 bridgehead atoms. The van der Waals surface area contributed by atoms with Crippen molar-refractivity contribution in [2.24, 2.45) is 5.92 Å². The maximum absolute atomic E-state index is 12.8. The molecule has 1 atom stereocenters. The summed E-state index contributed by atoms with van der Waals surface area (Å²) in [6.45, 7) is 3.06. The lowest BCUT2D eigenvalue weighted by molar-refractivity contribution is -0.145. The normalized spacial score (nSPS) is 23.1. The Kier molecular flexibility index (Phi) is 6.09. The van der Waals surface area contributed by atoms with Gasteiger partial charge in [0.05, 0.1) is 4.90 Å². The number of carbonyl (C=O) groups is 2. The number of sulfonamides is 1. The second-order valence-corrected chi connectivity index (χ2v) is 9.97. The zero-order chi connectivity index (χ0) is 20.4. The Labute approximate surface area is 166 Å². The molecule has 0 spiro atoms.